The van der Waals surface area contributed by atoms with Crippen molar-refractivity contribution in [1.82, 2.24) is 25.0 Å². The molecule has 1 saturated heterocycles. The number of anilines is 1. The monoisotopic (exact) mass is 397 g/mol. The molecule has 4 rings (SSSR count). The fourth-order valence-electron chi connectivity index (χ4n) is 4.04. The number of hydrogen-bond donors (Lipinski definition) is 1. The largest absolute Gasteiger partial charge is 0.497 e. The summed E-state index contributed by atoms with van der Waals surface area (Å²) in [5.41, 5.74) is 1.21. The van der Waals surface area contributed by atoms with Gasteiger partial charge in [-0.1, -0.05) is 6.07 Å². The third-order valence-electron chi connectivity index (χ3n) is 5.64. The molecule has 1 N–H and O–H groups in total. The Kier molecular flexibility index (Phi) is 6.17. The molecule has 3 heterocycles. The number of nitrogens with zero attached hydrogens (tertiary/aromatic N) is 6. The summed E-state index contributed by atoms with van der Waals surface area (Å²) >= 11 is 0. The Morgan fingerprint density at radius 3 is 2.79 bits per heavy atom. The standard InChI is InChI=1S/C21H31N7O/c1-3-22-21(23-16-20-25-24-19-9-4-5-10-28(19)20)27-13-11-26(12-14-27)17-7-6-8-18(15-17)29-2/h6-8,15H,3-5,9-14,16H2,1-2H3,(H,22,23). The van der Waals surface area contributed by atoms with E-state index in [0.29, 0.717) is 6.54 Å². The SMILES string of the molecule is CCNC(=NCc1nnc2n1CCCC2)N1CCN(c2cccc(OC)c2)CC1. The highest BCUT2D eigenvalue weighted by molar-refractivity contribution is 5.80. The Hall–Kier alpha value is -2.77. The van der Waals surface area contributed by atoms with Crippen LogP contribution in [0, 0.1) is 0 Å². The van der Waals surface area contributed by atoms with Crippen LogP contribution in [0.25, 0.3) is 0 Å². The second kappa shape index (κ2) is 9.15. The Bertz CT molecular complexity index is 839. The second-order valence-electron chi connectivity index (χ2n) is 7.49. The summed E-state index contributed by atoms with van der Waals surface area (Å²) in [7, 11) is 1.71. The molecular formula is C21H31N7O. The molecule has 29 heavy (non-hydrogen) atoms. The van der Waals surface area contributed by atoms with Crippen molar-refractivity contribution in [3.8, 4) is 5.75 Å². The Morgan fingerprint density at radius 1 is 1.14 bits per heavy atom. The van der Waals surface area contributed by atoms with Gasteiger partial charge >= 0.3 is 0 Å². The normalized spacial score (nSPS) is 17.2. The van der Waals surface area contributed by atoms with E-state index in [9.17, 15) is 0 Å². The van der Waals surface area contributed by atoms with Crippen LogP contribution >= 0.6 is 0 Å². The predicted molar refractivity (Wildman–Crippen MR) is 115 cm³/mol. The lowest BCUT2D eigenvalue weighted by atomic mass is 10.2. The van der Waals surface area contributed by atoms with Gasteiger partial charge in [0.05, 0.1) is 7.11 Å². The van der Waals surface area contributed by atoms with E-state index in [-0.39, 0.29) is 0 Å². The van der Waals surface area contributed by atoms with Crippen molar-refractivity contribution in [2.24, 2.45) is 4.99 Å². The minimum Gasteiger partial charge on any atom is -0.497 e. The van der Waals surface area contributed by atoms with E-state index in [2.05, 4.69) is 48.9 Å². The molecule has 1 aromatic heterocycles. The van der Waals surface area contributed by atoms with Crippen molar-refractivity contribution < 1.29 is 4.74 Å². The molecular weight excluding hydrogens is 366 g/mol. The highest BCUT2D eigenvalue weighted by Crippen LogP contribution is 2.22. The molecule has 8 nitrogen and oxygen atoms in total. The summed E-state index contributed by atoms with van der Waals surface area (Å²) in [6, 6.07) is 8.28. The number of methoxy groups -OCH3 is 1. The second-order valence-corrected chi connectivity index (χ2v) is 7.49. The van der Waals surface area contributed by atoms with Gasteiger partial charge < -0.3 is 24.4 Å². The van der Waals surface area contributed by atoms with Crippen molar-refractivity contribution in [2.45, 2.75) is 39.3 Å². The lowest BCUT2D eigenvalue weighted by molar-refractivity contribution is 0.371. The summed E-state index contributed by atoms with van der Waals surface area (Å²) < 4.78 is 7.61. The lowest BCUT2D eigenvalue weighted by Crippen LogP contribution is -2.52. The molecule has 0 unspecified atom stereocenters. The topological polar surface area (TPSA) is 70.8 Å². The fourth-order valence-corrected chi connectivity index (χ4v) is 4.04. The third-order valence-corrected chi connectivity index (χ3v) is 5.64. The van der Waals surface area contributed by atoms with Crippen LogP contribution in [-0.2, 0) is 19.5 Å². The van der Waals surface area contributed by atoms with E-state index in [1.165, 1.54) is 18.5 Å². The first-order valence-electron chi connectivity index (χ1n) is 10.6. The molecule has 1 fully saturated rings. The van der Waals surface area contributed by atoms with Crippen LogP contribution in [0.2, 0.25) is 0 Å². The highest BCUT2D eigenvalue weighted by Gasteiger charge is 2.21. The molecule has 8 heteroatoms. The number of rotatable bonds is 5. The van der Waals surface area contributed by atoms with Crippen molar-refractivity contribution in [3.63, 3.8) is 0 Å². The first kappa shape index (κ1) is 19.5. The molecule has 2 aromatic rings. The number of hydrogen-bond acceptors (Lipinski definition) is 5. The minimum atomic E-state index is 0.575. The van der Waals surface area contributed by atoms with Crippen LogP contribution in [0.5, 0.6) is 5.75 Å². The van der Waals surface area contributed by atoms with E-state index in [0.717, 1.165) is 69.0 Å². The predicted octanol–water partition coefficient (Wildman–Crippen LogP) is 1.91. The van der Waals surface area contributed by atoms with Gasteiger partial charge in [0.1, 0.15) is 18.1 Å². The van der Waals surface area contributed by atoms with Crippen molar-refractivity contribution in [2.75, 3.05) is 44.7 Å². The lowest BCUT2D eigenvalue weighted by Gasteiger charge is -2.37. The molecule has 2 aliphatic heterocycles. The number of fused-ring (bicyclic) bond motifs is 1. The molecule has 156 valence electrons. The number of aliphatic imine (C=N–C) groups is 1. The molecule has 0 aliphatic carbocycles. The number of aromatic nitrogens is 3. The van der Waals surface area contributed by atoms with Gasteiger partial charge in [-0.15, -0.1) is 10.2 Å². The average Bonchev–Trinajstić information content (AvgIpc) is 3.20. The molecule has 0 atom stereocenters. The zero-order valence-corrected chi connectivity index (χ0v) is 17.5. The molecule has 0 saturated carbocycles. The zero-order valence-electron chi connectivity index (χ0n) is 17.5. The van der Waals surface area contributed by atoms with Crippen LogP contribution in [-0.4, -0.2) is 65.5 Å². The molecule has 0 bridgehead atoms. The van der Waals surface area contributed by atoms with E-state index < -0.39 is 0 Å². The quantitative estimate of drug-likeness (QED) is 0.614. The number of ether oxygens (including phenoxy) is 1. The summed E-state index contributed by atoms with van der Waals surface area (Å²) in [6.07, 6.45) is 3.44. The van der Waals surface area contributed by atoms with Crippen LogP contribution in [0.4, 0.5) is 5.69 Å². The van der Waals surface area contributed by atoms with Gasteiger partial charge in [0.15, 0.2) is 11.8 Å². The van der Waals surface area contributed by atoms with Gasteiger partial charge in [0.2, 0.25) is 0 Å². The van der Waals surface area contributed by atoms with Gasteiger partial charge in [-0.05, 0) is 31.9 Å². The van der Waals surface area contributed by atoms with Gasteiger partial charge in [-0.3, -0.25) is 0 Å². The van der Waals surface area contributed by atoms with E-state index >= 15 is 0 Å². The van der Waals surface area contributed by atoms with Gasteiger partial charge in [-0.2, -0.15) is 0 Å². The number of benzene rings is 1. The number of piperazine rings is 1. The summed E-state index contributed by atoms with van der Waals surface area (Å²) in [4.78, 5) is 9.62. The smallest absolute Gasteiger partial charge is 0.194 e. The fraction of sp³-hybridized carbons (Fsp3) is 0.571. The first-order chi connectivity index (χ1) is 14.3. The molecule has 2 aliphatic rings. The molecule has 0 radical (unpaired) electrons. The highest BCUT2D eigenvalue weighted by atomic mass is 16.5. The molecule has 0 spiro atoms. The number of guanidine groups is 1. The van der Waals surface area contributed by atoms with Gasteiger partial charge in [0, 0.05) is 57.4 Å². The summed E-state index contributed by atoms with van der Waals surface area (Å²) in [5, 5.41) is 12.2. The number of nitrogens with one attached hydrogen (secondary N) is 1. The minimum absolute atomic E-state index is 0.575. The Labute approximate surface area is 172 Å². The Balaban J connectivity index is 1.40. The summed E-state index contributed by atoms with van der Waals surface area (Å²) in [6.45, 7) is 8.33. The van der Waals surface area contributed by atoms with Crippen LogP contribution in [0.1, 0.15) is 31.4 Å². The van der Waals surface area contributed by atoms with E-state index in [4.69, 9.17) is 9.73 Å². The van der Waals surface area contributed by atoms with Crippen molar-refractivity contribution in [1.29, 1.82) is 0 Å². The zero-order chi connectivity index (χ0) is 20.1. The summed E-state index contributed by atoms with van der Waals surface area (Å²) in [5.74, 6) is 3.95. The maximum Gasteiger partial charge on any atom is 0.194 e. The maximum absolute atomic E-state index is 5.36. The van der Waals surface area contributed by atoms with Crippen LogP contribution < -0.4 is 15.0 Å². The average molecular weight is 398 g/mol. The first-order valence-corrected chi connectivity index (χ1v) is 10.6. The van der Waals surface area contributed by atoms with Crippen LogP contribution in [0.15, 0.2) is 29.3 Å². The van der Waals surface area contributed by atoms with Crippen LogP contribution in [0.3, 0.4) is 0 Å². The molecule has 0 amide bonds. The van der Waals surface area contributed by atoms with Gasteiger partial charge in [0.25, 0.3) is 0 Å². The van der Waals surface area contributed by atoms with Gasteiger partial charge in [-0.25, -0.2) is 4.99 Å². The van der Waals surface area contributed by atoms with E-state index in [1.54, 1.807) is 7.11 Å². The van der Waals surface area contributed by atoms with Crippen molar-refractivity contribution in [3.05, 3.63) is 35.9 Å². The molecule has 1 aromatic carbocycles. The van der Waals surface area contributed by atoms with Crippen molar-refractivity contribution >= 4 is 11.6 Å². The van der Waals surface area contributed by atoms with E-state index in [1.807, 2.05) is 12.1 Å². The Morgan fingerprint density at radius 2 is 2.00 bits per heavy atom. The number of aryl methyl sites for hydroxylation is 1. The maximum atomic E-state index is 5.36. The third kappa shape index (κ3) is 4.46.